The first-order valence-corrected chi connectivity index (χ1v) is 12.0. The number of aromatic nitrogens is 4. The van der Waals surface area contributed by atoms with Gasteiger partial charge in [0, 0.05) is 32.3 Å². The standard InChI is InChI=1S/C30H20N4O2/c1-13-9-21-23(11-15(13)3)33-27(31-21)17-5-6-18-26-20(8-7-19(25(17)26)29(33)35)30(36)34-24-12-16(4)14(2)10-22(24)32-28(18)34/h5-12H,1-4H3. The highest BCUT2D eigenvalue weighted by molar-refractivity contribution is 6.27. The summed E-state index contributed by atoms with van der Waals surface area (Å²) in [6, 6.07) is 15.7. The van der Waals surface area contributed by atoms with Crippen molar-refractivity contribution in [1.29, 1.82) is 0 Å². The lowest BCUT2D eigenvalue weighted by Gasteiger charge is -2.12. The molecular weight excluding hydrogens is 448 g/mol. The quantitative estimate of drug-likeness (QED) is 0.273. The largest absolute Gasteiger partial charge is 0.268 e. The van der Waals surface area contributed by atoms with Crippen molar-refractivity contribution in [2.24, 2.45) is 0 Å². The molecule has 0 bridgehead atoms. The molecular formula is C30H20N4O2. The molecule has 0 unspecified atom stereocenters. The summed E-state index contributed by atoms with van der Waals surface area (Å²) in [4.78, 5) is 37.5. The van der Waals surface area contributed by atoms with Gasteiger partial charge in [-0.3, -0.25) is 18.4 Å². The van der Waals surface area contributed by atoms with Gasteiger partial charge in [0.05, 0.1) is 22.1 Å². The molecule has 172 valence electrons. The van der Waals surface area contributed by atoms with E-state index >= 15 is 0 Å². The molecule has 8 aromatic rings. The Morgan fingerprint density at radius 2 is 0.889 bits per heavy atom. The van der Waals surface area contributed by atoms with E-state index in [0.717, 1.165) is 65.9 Å². The molecule has 0 radical (unpaired) electrons. The maximum absolute atomic E-state index is 13.9. The number of pyridine rings is 2. The topological polar surface area (TPSA) is 68.7 Å². The first-order chi connectivity index (χ1) is 17.3. The number of aryl methyl sites for hydroxylation is 4. The molecule has 4 aromatic heterocycles. The fraction of sp³-hybridized carbons (Fsp3) is 0.133. The predicted octanol–water partition coefficient (Wildman–Crippen LogP) is 5.58. The van der Waals surface area contributed by atoms with Crippen LogP contribution in [0.2, 0.25) is 0 Å². The van der Waals surface area contributed by atoms with Gasteiger partial charge in [-0.1, -0.05) is 0 Å². The predicted molar refractivity (Wildman–Crippen MR) is 145 cm³/mol. The number of imidazole rings is 2. The van der Waals surface area contributed by atoms with E-state index in [4.69, 9.17) is 9.97 Å². The van der Waals surface area contributed by atoms with Crippen molar-refractivity contribution < 1.29 is 0 Å². The molecule has 6 heteroatoms. The zero-order chi connectivity index (χ0) is 24.6. The van der Waals surface area contributed by atoms with Crippen molar-refractivity contribution in [3.8, 4) is 0 Å². The van der Waals surface area contributed by atoms with Gasteiger partial charge < -0.3 is 0 Å². The molecule has 0 amide bonds. The number of hydrogen-bond donors (Lipinski definition) is 0. The highest BCUT2D eigenvalue weighted by Crippen LogP contribution is 2.37. The fourth-order valence-corrected chi connectivity index (χ4v) is 5.90. The third-order valence-electron chi connectivity index (χ3n) is 8.05. The Kier molecular flexibility index (Phi) is 3.37. The summed E-state index contributed by atoms with van der Waals surface area (Å²) in [6.45, 7) is 8.19. The average Bonchev–Trinajstić information content (AvgIpc) is 3.40. The molecule has 0 spiro atoms. The van der Waals surface area contributed by atoms with Crippen LogP contribution >= 0.6 is 0 Å². The van der Waals surface area contributed by atoms with E-state index in [1.165, 1.54) is 0 Å². The van der Waals surface area contributed by atoms with Crippen LogP contribution in [0.4, 0.5) is 0 Å². The van der Waals surface area contributed by atoms with Crippen LogP contribution in [0.1, 0.15) is 22.3 Å². The summed E-state index contributed by atoms with van der Waals surface area (Å²) < 4.78 is 3.43. The minimum Gasteiger partial charge on any atom is -0.268 e. The van der Waals surface area contributed by atoms with Gasteiger partial charge >= 0.3 is 0 Å². The number of benzene rings is 4. The van der Waals surface area contributed by atoms with Crippen LogP contribution in [0.5, 0.6) is 0 Å². The van der Waals surface area contributed by atoms with E-state index in [9.17, 15) is 9.59 Å². The second kappa shape index (κ2) is 6.15. The second-order valence-corrected chi connectivity index (χ2v) is 10.1. The maximum Gasteiger partial charge on any atom is 0.264 e. The summed E-state index contributed by atoms with van der Waals surface area (Å²) in [5.41, 5.74) is 8.70. The van der Waals surface area contributed by atoms with Crippen LogP contribution in [0.15, 0.2) is 58.1 Å². The summed E-state index contributed by atoms with van der Waals surface area (Å²) in [6.07, 6.45) is 0. The van der Waals surface area contributed by atoms with Crippen molar-refractivity contribution in [2.45, 2.75) is 27.7 Å². The maximum atomic E-state index is 13.9. The lowest BCUT2D eigenvalue weighted by molar-refractivity contribution is 1.18. The van der Waals surface area contributed by atoms with Gasteiger partial charge in [0.1, 0.15) is 11.3 Å². The summed E-state index contributed by atoms with van der Waals surface area (Å²) in [5.74, 6) is 0. The second-order valence-electron chi connectivity index (χ2n) is 10.1. The summed E-state index contributed by atoms with van der Waals surface area (Å²) in [5, 5.41) is 4.46. The third kappa shape index (κ3) is 2.14. The zero-order valence-electron chi connectivity index (χ0n) is 20.2. The zero-order valence-corrected chi connectivity index (χ0v) is 20.2. The molecule has 0 fully saturated rings. The Morgan fingerprint density at radius 1 is 0.528 bits per heavy atom. The molecule has 0 atom stereocenters. The van der Waals surface area contributed by atoms with E-state index in [1.54, 1.807) is 20.9 Å². The van der Waals surface area contributed by atoms with E-state index in [2.05, 4.69) is 13.8 Å². The van der Waals surface area contributed by atoms with Crippen molar-refractivity contribution in [2.75, 3.05) is 0 Å². The van der Waals surface area contributed by atoms with E-state index in [1.807, 2.05) is 50.2 Å². The molecule has 6 nitrogen and oxygen atoms in total. The smallest absolute Gasteiger partial charge is 0.264 e. The van der Waals surface area contributed by atoms with Crippen LogP contribution in [0.3, 0.4) is 0 Å². The van der Waals surface area contributed by atoms with Crippen LogP contribution in [-0.2, 0) is 0 Å². The first-order valence-electron chi connectivity index (χ1n) is 12.0. The van der Waals surface area contributed by atoms with Crippen LogP contribution < -0.4 is 11.1 Å². The Morgan fingerprint density at radius 3 is 1.31 bits per heavy atom. The van der Waals surface area contributed by atoms with Crippen LogP contribution in [0.25, 0.3) is 65.7 Å². The van der Waals surface area contributed by atoms with Gasteiger partial charge in [-0.2, -0.15) is 0 Å². The van der Waals surface area contributed by atoms with Gasteiger partial charge in [-0.05, 0) is 98.5 Å². The lowest BCUT2D eigenvalue weighted by atomic mass is 9.96. The molecule has 4 aromatic carbocycles. The third-order valence-corrected chi connectivity index (χ3v) is 8.05. The van der Waals surface area contributed by atoms with Crippen molar-refractivity contribution >= 4 is 65.7 Å². The number of rotatable bonds is 0. The normalized spacial score (nSPS) is 12.7. The average molecular weight is 469 g/mol. The molecule has 0 saturated heterocycles. The number of fused-ring (bicyclic) bond motifs is 8. The molecule has 0 aliphatic heterocycles. The molecule has 8 rings (SSSR count). The van der Waals surface area contributed by atoms with Crippen molar-refractivity contribution in [3.05, 3.63) is 91.5 Å². The highest BCUT2D eigenvalue weighted by Gasteiger charge is 2.22. The number of nitrogens with zero attached hydrogens (tertiary/aromatic N) is 4. The van der Waals surface area contributed by atoms with Crippen molar-refractivity contribution in [3.63, 3.8) is 0 Å². The molecule has 36 heavy (non-hydrogen) atoms. The van der Waals surface area contributed by atoms with Gasteiger partial charge in [-0.25, -0.2) is 9.97 Å². The molecule has 4 heterocycles. The summed E-state index contributed by atoms with van der Waals surface area (Å²) >= 11 is 0. The Labute approximate surface area is 203 Å². The van der Waals surface area contributed by atoms with Gasteiger partial charge in [-0.15, -0.1) is 0 Å². The monoisotopic (exact) mass is 468 g/mol. The van der Waals surface area contributed by atoms with E-state index in [0.29, 0.717) is 22.1 Å². The minimum absolute atomic E-state index is 0.121. The Hall–Kier alpha value is -4.58. The van der Waals surface area contributed by atoms with Crippen LogP contribution in [0, 0.1) is 27.7 Å². The van der Waals surface area contributed by atoms with Gasteiger partial charge in [0.25, 0.3) is 11.1 Å². The molecule has 0 saturated carbocycles. The van der Waals surface area contributed by atoms with E-state index in [-0.39, 0.29) is 11.1 Å². The Balaban J connectivity index is 1.66. The van der Waals surface area contributed by atoms with Crippen molar-refractivity contribution in [1.82, 2.24) is 18.8 Å². The number of hydrogen-bond acceptors (Lipinski definition) is 4. The molecule has 0 aliphatic rings. The van der Waals surface area contributed by atoms with Crippen LogP contribution in [-0.4, -0.2) is 18.8 Å². The lowest BCUT2D eigenvalue weighted by Crippen LogP contribution is -2.16. The first kappa shape index (κ1) is 19.7. The fourth-order valence-electron chi connectivity index (χ4n) is 5.90. The SMILES string of the molecule is Cc1cc2nc3c4ccc5c6c(ccc(c(=O)n3c2cc1C)c46)c(=O)n1c2cc(C)c(C)cc2nc51. The Bertz CT molecular complexity index is 2230. The molecule has 0 aliphatic carbocycles. The van der Waals surface area contributed by atoms with Gasteiger partial charge in [0.15, 0.2) is 0 Å². The highest BCUT2D eigenvalue weighted by atomic mass is 16.1. The molecule has 0 N–H and O–H groups in total. The van der Waals surface area contributed by atoms with E-state index < -0.39 is 0 Å². The minimum atomic E-state index is -0.121. The summed E-state index contributed by atoms with van der Waals surface area (Å²) in [7, 11) is 0. The van der Waals surface area contributed by atoms with Gasteiger partial charge in [0.2, 0.25) is 0 Å².